The third-order valence-corrected chi connectivity index (χ3v) is 6.94. The van der Waals surface area contributed by atoms with E-state index in [4.69, 9.17) is 0 Å². The lowest BCUT2D eigenvalue weighted by molar-refractivity contribution is 0.338. The third kappa shape index (κ3) is 2.24. The van der Waals surface area contributed by atoms with Crippen molar-refractivity contribution in [3.63, 3.8) is 0 Å². The van der Waals surface area contributed by atoms with Gasteiger partial charge >= 0.3 is 0 Å². The summed E-state index contributed by atoms with van der Waals surface area (Å²) in [5.41, 5.74) is 0.157. The second-order valence-electron chi connectivity index (χ2n) is 6.52. The van der Waals surface area contributed by atoms with Gasteiger partial charge in [0.15, 0.2) is 0 Å². The standard InChI is InChI=1S/C17H20N2O2S/c20-22(21,19-10-8-17(13-19)7-9-18-12-17)16-6-5-14-3-1-2-4-15(14)11-16/h1-6,11,18H,7-10,12-13H2. The van der Waals surface area contributed by atoms with Crippen molar-refractivity contribution < 1.29 is 8.42 Å². The summed E-state index contributed by atoms with van der Waals surface area (Å²) in [7, 11) is -3.39. The monoisotopic (exact) mass is 316 g/mol. The maximum Gasteiger partial charge on any atom is 0.243 e. The van der Waals surface area contributed by atoms with Crippen LogP contribution in [-0.4, -0.2) is 38.9 Å². The zero-order chi connectivity index (χ0) is 15.2. The molecule has 2 aliphatic rings. The van der Waals surface area contributed by atoms with Crippen LogP contribution in [0, 0.1) is 5.41 Å². The van der Waals surface area contributed by atoms with E-state index in [1.54, 1.807) is 16.4 Å². The number of hydrogen-bond donors (Lipinski definition) is 1. The van der Waals surface area contributed by atoms with E-state index in [-0.39, 0.29) is 5.41 Å². The summed E-state index contributed by atoms with van der Waals surface area (Å²) < 4.78 is 27.5. The zero-order valence-corrected chi connectivity index (χ0v) is 13.3. The molecular formula is C17H20N2O2S. The van der Waals surface area contributed by atoms with Crippen LogP contribution in [0.3, 0.4) is 0 Å². The molecule has 116 valence electrons. The molecule has 4 nitrogen and oxygen atoms in total. The summed E-state index contributed by atoms with van der Waals surface area (Å²) >= 11 is 0. The van der Waals surface area contributed by atoms with Crippen LogP contribution in [0.2, 0.25) is 0 Å². The lowest BCUT2D eigenvalue weighted by Crippen LogP contribution is -2.33. The van der Waals surface area contributed by atoms with E-state index in [0.717, 1.165) is 36.7 Å². The topological polar surface area (TPSA) is 49.4 Å². The van der Waals surface area contributed by atoms with Crippen molar-refractivity contribution >= 4 is 20.8 Å². The number of fused-ring (bicyclic) bond motifs is 1. The van der Waals surface area contributed by atoms with E-state index in [2.05, 4.69) is 5.32 Å². The maximum atomic E-state index is 12.9. The molecule has 0 amide bonds. The average Bonchev–Trinajstić information content (AvgIpc) is 3.18. The first-order valence-corrected chi connectivity index (χ1v) is 9.23. The highest BCUT2D eigenvalue weighted by molar-refractivity contribution is 7.89. The number of benzene rings is 2. The van der Waals surface area contributed by atoms with Gasteiger partial charge in [0.2, 0.25) is 10.0 Å². The minimum atomic E-state index is -3.39. The fraction of sp³-hybridized carbons (Fsp3) is 0.412. The molecule has 0 saturated carbocycles. The smallest absolute Gasteiger partial charge is 0.243 e. The minimum Gasteiger partial charge on any atom is -0.316 e. The molecule has 22 heavy (non-hydrogen) atoms. The van der Waals surface area contributed by atoms with Crippen LogP contribution in [-0.2, 0) is 10.0 Å². The van der Waals surface area contributed by atoms with Gasteiger partial charge in [-0.2, -0.15) is 4.31 Å². The van der Waals surface area contributed by atoms with Gasteiger partial charge in [-0.25, -0.2) is 8.42 Å². The van der Waals surface area contributed by atoms with Crippen LogP contribution in [0.5, 0.6) is 0 Å². The van der Waals surface area contributed by atoms with Gasteiger partial charge in [0.1, 0.15) is 0 Å². The van der Waals surface area contributed by atoms with Gasteiger partial charge in [0.25, 0.3) is 0 Å². The Kier molecular flexibility index (Phi) is 3.25. The van der Waals surface area contributed by atoms with Crippen molar-refractivity contribution in [3.05, 3.63) is 42.5 Å². The summed E-state index contributed by atoms with van der Waals surface area (Å²) in [4.78, 5) is 0.411. The Bertz CT molecular complexity index is 810. The fourth-order valence-electron chi connectivity index (χ4n) is 3.72. The van der Waals surface area contributed by atoms with Crippen LogP contribution >= 0.6 is 0 Å². The highest BCUT2D eigenvalue weighted by Crippen LogP contribution is 2.38. The molecular weight excluding hydrogens is 296 g/mol. The number of nitrogens with one attached hydrogen (secondary N) is 1. The molecule has 4 rings (SSSR count). The quantitative estimate of drug-likeness (QED) is 0.924. The Morgan fingerprint density at radius 2 is 1.86 bits per heavy atom. The second-order valence-corrected chi connectivity index (χ2v) is 8.46. The molecule has 2 aromatic carbocycles. The molecule has 2 aliphatic heterocycles. The Morgan fingerprint density at radius 3 is 2.64 bits per heavy atom. The molecule has 1 atom stereocenters. The van der Waals surface area contributed by atoms with Crippen LogP contribution in [0.4, 0.5) is 0 Å². The fourth-order valence-corrected chi connectivity index (χ4v) is 5.31. The molecule has 2 aromatic rings. The molecule has 0 aromatic heterocycles. The van der Waals surface area contributed by atoms with Crippen molar-refractivity contribution in [2.24, 2.45) is 5.41 Å². The van der Waals surface area contributed by atoms with Gasteiger partial charge in [-0.1, -0.05) is 30.3 Å². The minimum absolute atomic E-state index is 0.157. The van der Waals surface area contributed by atoms with Gasteiger partial charge in [0, 0.05) is 19.6 Å². The summed E-state index contributed by atoms with van der Waals surface area (Å²) in [6.07, 6.45) is 2.05. The Balaban J connectivity index is 1.67. The van der Waals surface area contributed by atoms with Gasteiger partial charge in [-0.05, 0) is 47.7 Å². The lowest BCUT2D eigenvalue weighted by atomic mass is 9.87. The highest BCUT2D eigenvalue weighted by Gasteiger charge is 2.44. The summed E-state index contributed by atoms with van der Waals surface area (Å²) in [5, 5.41) is 5.41. The maximum absolute atomic E-state index is 12.9. The number of hydrogen-bond acceptors (Lipinski definition) is 3. The molecule has 0 bridgehead atoms. The predicted octanol–water partition coefficient (Wildman–Crippen LogP) is 2.21. The van der Waals surface area contributed by atoms with Crippen LogP contribution in [0.15, 0.2) is 47.4 Å². The molecule has 2 saturated heterocycles. The molecule has 0 radical (unpaired) electrons. The molecule has 2 fully saturated rings. The molecule has 1 unspecified atom stereocenters. The van der Waals surface area contributed by atoms with Gasteiger partial charge in [-0.3, -0.25) is 0 Å². The first kappa shape index (κ1) is 14.2. The molecule has 0 aliphatic carbocycles. The van der Waals surface area contributed by atoms with E-state index >= 15 is 0 Å². The number of sulfonamides is 1. The number of nitrogens with zero attached hydrogens (tertiary/aromatic N) is 1. The van der Waals surface area contributed by atoms with Crippen molar-refractivity contribution in [1.82, 2.24) is 9.62 Å². The van der Waals surface area contributed by atoms with Crippen molar-refractivity contribution in [3.8, 4) is 0 Å². The van der Waals surface area contributed by atoms with E-state index in [0.29, 0.717) is 18.0 Å². The van der Waals surface area contributed by atoms with Crippen LogP contribution < -0.4 is 5.32 Å². The molecule has 1 spiro atoms. The van der Waals surface area contributed by atoms with Crippen molar-refractivity contribution in [2.45, 2.75) is 17.7 Å². The third-order valence-electron chi connectivity index (χ3n) is 5.09. The Morgan fingerprint density at radius 1 is 1.05 bits per heavy atom. The van der Waals surface area contributed by atoms with Gasteiger partial charge < -0.3 is 5.32 Å². The van der Waals surface area contributed by atoms with Crippen LogP contribution in [0.1, 0.15) is 12.8 Å². The lowest BCUT2D eigenvalue weighted by Gasteiger charge is -2.22. The molecule has 1 N–H and O–H groups in total. The summed E-state index contributed by atoms with van der Waals surface area (Å²) in [5.74, 6) is 0. The van der Waals surface area contributed by atoms with E-state index in [9.17, 15) is 8.42 Å². The Hall–Kier alpha value is -1.43. The van der Waals surface area contributed by atoms with E-state index < -0.39 is 10.0 Å². The normalized spacial score (nSPS) is 26.2. The first-order valence-electron chi connectivity index (χ1n) is 7.79. The molecule has 2 heterocycles. The summed E-state index contributed by atoms with van der Waals surface area (Å²) in [6.45, 7) is 3.23. The average molecular weight is 316 g/mol. The Labute approximate surface area is 131 Å². The van der Waals surface area contributed by atoms with Crippen molar-refractivity contribution in [2.75, 3.05) is 26.2 Å². The highest BCUT2D eigenvalue weighted by atomic mass is 32.2. The van der Waals surface area contributed by atoms with Crippen molar-refractivity contribution in [1.29, 1.82) is 0 Å². The molecule has 5 heteroatoms. The largest absolute Gasteiger partial charge is 0.316 e. The van der Waals surface area contributed by atoms with E-state index in [1.807, 2.05) is 30.3 Å². The number of rotatable bonds is 2. The second kappa shape index (κ2) is 5.05. The first-order chi connectivity index (χ1) is 10.6. The van der Waals surface area contributed by atoms with Crippen LogP contribution in [0.25, 0.3) is 10.8 Å². The zero-order valence-electron chi connectivity index (χ0n) is 12.5. The van der Waals surface area contributed by atoms with Gasteiger partial charge in [0.05, 0.1) is 4.90 Å². The summed E-state index contributed by atoms with van der Waals surface area (Å²) in [6, 6.07) is 13.3. The predicted molar refractivity (Wildman–Crippen MR) is 87.2 cm³/mol. The SMILES string of the molecule is O=S(=O)(c1ccc2ccccc2c1)N1CCC2(CCNC2)C1. The van der Waals surface area contributed by atoms with Gasteiger partial charge in [-0.15, -0.1) is 0 Å². The van der Waals surface area contributed by atoms with E-state index in [1.165, 1.54) is 0 Å².